The van der Waals surface area contributed by atoms with Gasteiger partial charge < -0.3 is 20.1 Å². The Morgan fingerprint density at radius 2 is 1.35 bits per heavy atom. The Morgan fingerprint density at radius 1 is 0.853 bits per heavy atom. The minimum absolute atomic E-state index is 0.135. The molecule has 1 amide bonds. The van der Waals surface area contributed by atoms with Gasteiger partial charge in [0.25, 0.3) is 0 Å². The van der Waals surface area contributed by atoms with E-state index in [2.05, 4.69) is 18.9 Å². The molecule has 4 N–H and O–H groups in total. The number of piperidine rings is 1. The predicted octanol–water partition coefficient (Wildman–Crippen LogP) is 3.68. The summed E-state index contributed by atoms with van der Waals surface area (Å²) in [6.45, 7) is 4.58. The molecule has 0 saturated carbocycles. The molecular weight excluding hydrogens is 463 g/mol. The predicted molar refractivity (Wildman–Crippen MR) is 128 cm³/mol. The van der Waals surface area contributed by atoms with Gasteiger partial charge in [-0.05, 0) is 12.8 Å². The van der Waals surface area contributed by atoms with Crippen molar-refractivity contribution < 1.29 is 38.5 Å². The summed E-state index contributed by atoms with van der Waals surface area (Å²) in [6, 6.07) is -0.867. The zero-order chi connectivity index (χ0) is 25.0. The summed E-state index contributed by atoms with van der Waals surface area (Å²) in [6.07, 6.45) is 5.84. The number of carbonyl (C=O) groups excluding carboxylic acids is 1. The molecule has 0 aromatic carbocycles. The van der Waals surface area contributed by atoms with Crippen LogP contribution in [-0.2, 0) is 18.3 Å². The molecule has 2 unspecified atom stereocenters. The highest BCUT2D eigenvalue weighted by Gasteiger charge is 2.55. The second kappa shape index (κ2) is 15.4. The van der Waals surface area contributed by atoms with Crippen LogP contribution < -0.4 is 5.09 Å². The molecule has 34 heavy (non-hydrogen) atoms. The minimum atomic E-state index is -3.92. The van der Waals surface area contributed by atoms with Gasteiger partial charge in [-0.25, -0.2) is 9.36 Å². The third kappa shape index (κ3) is 8.73. The van der Waals surface area contributed by atoms with E-state index in [4.69, 9.17) is 13.8 Å². The maximum atomic E-state index is 13.6. The van der Waals surface area contributed by atoms with Crippen LogP contribution in [0.3, 0.4) is 0 Å². The summed E-state index contributed by atoms with van der Waals surface area (Å²) >= 11 is 0. The first-order valence-corrected chi connectivity index (χ1v) is 14.5. The number of aliphatic hydroxyl groups excluding tert-OH is 3. The normalized spacial score (nSPS) is 27.1. The Hall–Kier alpha value is -0.740. The number of nitrogens with one attached hydrogen (secondary N) is 1. The highest BCUT2D eigenvalue weighted by molar-refractivity contribution is 7.51. The van der Waals surface area contributed by atoms with Crippen LogP contribution in [0.15, 0.2) is 0 Å². The molecule has 11 heteroatoms. The molecule has 2 aliphatic rings. The van der Waals surface area contributed by atoms with Gasteiger partial charge in [-0.1, -0.05) is 78.1 Å². The van der Waals surface area contributed by atoms with E-state index in [1.165, 1.54) is 12.8 Å². The molecule has 0 bridgehead atoms. The first kappa shape index (κ1) is 29.5. The van der Waals surface area contributed by atoms with E-state index in [0.717, 1.165) is 56.3 Å². The number of amides is 1. The molecular formula is C23H45N2O8P. The van der Waals surface area contributed by atoms with Gasteiger partial charge in [0.1, 0.15) is 31.1 Å². The Labute approximate surface area is 203 Å². The lowest BCUT2D eigenvalue weighted by molar-refractivity contribution is -0.145. The number of hydrogen-bond acceptors (Lipinski definition) is 8. The average molecular weight is 509 g/mol. The molecule has 0 aromatic heterocycles. The lowest BCUT2D eigenvalue weighted by Crippen LogP contribution is -2.69. The molecule has 0 radical (unpaired) electrons. The molecule has 0 aromatic rings. The number of cyclic esters (lactones) is 1. The van der Waals surface area contributed by atoms with Crippen molar-refractivity contribution >= 4 is 13.8 Å². The molecule has 200 valence electrons. The zero-order valence-corrected chi connectivity index (χ0v) is 21.7. The van der Waals surface area contributed by atoms with Crippen molar-refractivity contribution in [1.29, 1.82) is 0 Å². The average Bonchev–Trinajstić information content (AvgIpc) is 3.21. The number of carbonyl (C=O) groups is 1. The fraction of sp³-hybridized carbons (Fsp3) is 0.957. The maximum Gasteiger partial charge on any atom is 0.411 e. The monoisotopic (exact) mass is 508 g/mol. The molecule has 2 fully saturated rings. The SMILES string of the molecule is CCCCCCCCOP(=O)(N[C@@H]1C(O)[C@@H](O)[C@@H](O)C2COC(=O)N21)OCCCCCCCC. The minimum Gasteiger partial charge on any atom is -0.447 e. The first-order valence-electron chi connectivity index (χ1n) is 13.0. The molecule has 5 atom stereocenters. The van der Waals surface area contributed by atoms with Gasteiger partial charge in [0, 0.05) is 0 Å². The number of unbranched alkanes of at least 4 members (excludes halogenated alkanes) is 10. The van der Waals surface area contributed by atoms with Gasteiger partial charge in [-0.15, -0.1) is 0 Å². The Bertz CT molecular complexity index is 618. The van der Waals surface area contributed by atoms with Gasteiger partial charge in [0.2, 0.25) is 0 Å². The first-order chi connectivity index (χ1) is 16.3. The van der Waals surface area contributed by atoms with Gasteiger partial charge >= 0.3 is 13.8 Å². The summed E-state index contributed by atoms with van der Waals surface area (Å²) < 4.78 is 29.9. The Morgan fingerprint density at radius 3 is 1.88 bits per heavy atom. The summed E-state index contributed by atoms with van der Waals surface area (Å²) in [7, 11) is -3.92. The van der Waals surface area contributed by atoms with Crippen LogP contribution in [0.2, 0.25) is 0 Å². The summed E-state index contributed by atoms with van der Waals surface area (Å²) in [5.41, 5.74) is 0. The van der Waals surface area contributed by atoms with Crippen LogP contribution in [0.1, 0.15) is 90.9 Å². The second-order valence-corrected chi connectivity index (χ2v) is 11.1. The van der Waals surface area contributed by atoms with Crippen molar-refractivity contribution in [3.63, 3.8) is 0 Å². The number of rotatable bonds is 18. The molecule has 2 aliphatic heterocycles. The summed E-state index contributed by atoms with van der Waals surface area (Å²) in [5, 5.41) is 33.7. The Kier molecular flexibility index (Phi) is 13.3. The van der Waals surface area contributed by atoms with Crippen molar-refractivity contribution in [3.8, 4) is 0 Å². The van der Waals surface area contributed by atoms with Gasteiger partial charge in [0.15, 0.2) is 0 Å². The van der Waals surface area contributed by atoms with Gasteiger partial charge in [-0.3, -0.25) is 13.9 Å². The van der Waals surface area contributed by atoms with Crippen LogP contribution in [0, 0.1) is 0 Å². The molecule has 0 aliphatic carbocycles. The second-order valence-electron chi connectivity index (χ2n) is 9.30. The number of fused-ring (bicyclic) bond motifs is 1. The lowest BCUT2D eigenvalue weighted by Gasteiger charge is -2.44. The molecule has 0 spiro atoms. The van der Waals surface area contributed by atoms with Crippen molar-refractivity contribution in [2.45, 2.75) is 121 Å². The van der Waals surface area contributed by atoms with E-state index in [9.17, 15) is 24.7 Å². The largest absolute Gasteiger partial charge is 0.447 e. The highest BCUT2D eigenvalue weighted by Crippen LogP contribution is 2.46. The highest BCUT2D eigenvalue weighted by atomic mass is 31.2. The molecule has 10 nitrogen and oxygen atoms in total. The van der Waals surface area contributed by atoms with Gasteiger partial charge in [0.05, 0.1) is 19.3 Å². The van der Waals surface area contributed by atoms with E-state index < -0.39 is 44.4 Å². The fourth-order valence-corrected chi connectivity index (χ4v) is 5.92. The van der Waals surface area contributed by atoms with Crippen LogP contribution in [0.25, 0.3) is 0 Å². The molecule has 2 rings (SSSR count). The maximum absolute atomic E-state index is 13.6. The quantitative estimate of drug-likeness (QED) is 0.161. The van der Waals surface area contributed by atoms with Crippen molar-refractivity contribution in [1.82, 2.24) is 9.99 Å². The van der Waals surface area contributed by atoms with Crippen molar-refractivity contribution in [3.05, 3.63) is 0 Å². The van der Waals surface area contributed by atoms with E-state index in [1.54, 1.807) is 0 Å². The third-order valence-electron chi connectivity index (χ3n) is 6.47. The van der Waals surface area contributed by atoms with Crippen molar-refractivity contribution in [2.75, 3.05) is 19.8 Å². The van der Waals surface area contributed by atoms with E-state index in [0.29, 0.717) is 12.8 Å². The molecule has 2 heterocycles. The topological polar surface area (TPSA) is 138 Å². The van der Waals surface area contributed by atoms with Gasteiger partial charge in [-0.2, -0.15) is 5.09 Å². The number of ether oxygens (including phenoxy) is 1. The smallest absolute Gasteiger partial charge is 0.411 e. The zero-order valence-electron chi connectivity index (χ0n) is 20.8. The fourth-order valence-electron chi connectivity index (χ4n) is 4.36. The van der Waals surface area contributed by atoms with Crippen molar-refractivity contribution in [2.24, 2.45) is 0 Å². The number of nitrogens with zero attached hydrogens (tertiary/aromatic N) is 1. The summed E-state index contributed by atoms with van der Waals surface area (Å²) in [4.78, 5) is 13.3. The van der Waals surface area contributed by atoms with Crippen LogP contribution in [0.5, 0.6) is 0 Å². The van der Waals surface area contributed by atoms with E-state index in [1.807, 2.05) is 0 Å². The van der Waals surface area contributed by atoms with Crippen LogP contribution in [0.4, 0.5) is 4.79 Å². The molecule has 2 saturated heterocycles. The summed E-state index contributed by atoms with van der Waals surface area (Å²) in [5.74, 6) is 0. The third-order valence-corrected chi connectivity index (χ3v) is 8.10. The van der Waals surface area contributed by atoms with Crippen LogP contribution in [-0.4, -0.2) is 76.7 Å². The lowest BCUT2D eigenvalue weighted by atomic mass is 9.93. The van der Waals surface area contributed by atoms with E-state index >= 15 is 0 Å². The number of hydrogen-bond donors (Lipinski definition) is 4. The number of aliphatic hydroxyl groups is 3. The van der Waals surface area contributed by atoms with E-state index in [-0.39, 0.29) is 19.8 Å². The Balaban J connectivity index is 1.97. The standard InChI is InChI=1S/C23H45N2O8P/c1-3-5-7-9-11-13-15-32-34(30,33-16-14-12-10-8-6-4-2)24-22-21(28)20(27)19(26)18-17-31-23(29)25(18)22/h18-22,26-28H,3-17H2,1-2H3,(H,24,30)/t18?,19-,20-,21?,22-/m0/s1. The van der Waals surface area contributed by atoms with Crippen LogP contribution >= 0.6 is 7.75 Å².